The highest BCUT2D eigenvalue weighted by molar-refractivity contribution is 4.57. The van der Waals surface area contributed by atoms with Crippen LogP contribution in [-0.4, -0.2) is 117 Å². The molecule has 0 aromatic heterocycles. The van der Waals surface area contributed by atoms with Crippen LogP contribution in [0.1, 0.15) is 6.92 Å². The first kappa shape index (κ1) is 23.7. The summed E-state index contributed by atoms with van der Waals surface area (Å²) in [5.41, 5.74) is 0. The molecule has 0 radical (unpaired) electrons. The van der Waals surface area contributed by atoms with Crippen LogP contribution in [-0.2, 0) is 28.4 Å². The Labute approximate surface area is 158 Å². The summed E-state index contributed by atoms with van der Waals surface area (Å²) in [5, 5.41) is 3.27. The van der Waals surface area contributed by atoms with Gasteiger partial charge < -0.3 is 33.7 Å². The van der Waals surface area contributed by atoms with Crippen molar-refractivity contribution in [1.29, 1.82) is 0 Å². The first-order valence-corrected chi connectivity index (χ1v) is 9.83. The van der Waals surface area contributed by atoms with Crippen molar-refractivity contribution in [2.75, 3.05) is 112 Å². The highest BCUT2D eigenvalue weighted by Crippen LogP contribution is 1.92. The van der Waals surface area contributed by atoms with E-state index in [0.717, 1.165) is 39.3 Å². The molecular weight excluding hydrogens is 340 g/mol. The zero-order valence-corrected chi connectivity index (χ0v) is 16.4. The van der Waals surface area contributed by atoms with Gasteiger partial charge in [0.25, 0.3) is 0 Å². The Morgan fingerprint density at radius 2 is 1.23 bits per heavy atom. The molecule has 0 aromatic rings. The summed E-state index contributed by atoms with van der Waals surface area (Å²) in [6, 6.07) is 0. The maximum absolute atomic E-state index is 5.66. The molecule has 1 rings (SSSR count). The molecule has 0 aliphatic carbocycles. The number of rotatable bonds is 7. The quantitative estimate of drug-likeness (QED) is 0.622. The van der Waals surface area contributed by atoms with Crippen molar-refractivity contribution in [2.24, 2.45) is 0 Å². The van der Waals surface area contributed by atoms with Gasteiger partial charge in [-0.25, -0.2) is 0 Å². The van der Waals surface area contributed by atoms with Crippen LogP contribution in [0.4, 0.5) is 0 Å². The van der Waals surface area contributed by atoms with E-state index in [2.05, 4.69) is 10.2 Å². The van der Waals surface area contributed by atoms with Gasteiger partial charge in [-0.3, -0.25) is 4.90 Å². The molecule has 26 heavy (non-hydrogen) atoms. The van der Waals surface area contributed by atoms with Gasteiger partial charge in [0.2, 0.25) is 0 Å². The van der Waals surface area contributed by atoms with Crippen LogP contribution >= 0.6 is 0 Å². The maximum atomic E-state index is 5.66. The smallest absolute Gasteiger partial charge is 0.0701 e. The molecule has 0 amide bonds. The summed E-state index contributed by atoms with van der Waals surface area (Å²) in [6.45, 7) is 14.2. The minimum absolute atomic E-state index is 0.623. The minimum Gasteiger partial charge on any atom is -0.379 e. The van der Waals surface area contributed by atoms with Crippen LogP contribution < -0.4 is 5.32 Å². The second kappa shape index (κ2) is 19.4. The number of nitrogens with zero attached hydrogens (tertiary/aromatic N) is 1. The maximum Gasteiger partial charge on any atom is 0.0701 e. The number of hydrogen-bond donors (Lipinski definition) is 1. The molecule has 1 heterocycles. The molecule has 0 unspecified atom stereocenters. The van der Waals surface area contributed by atoms with E-state index in [1.54, 1.807) is 0 Å². The van der Waals surface area contributed by atoms with Crippen molar-refractivity contribution in [3.63, 3.8) is 0 Å². The molecule has 0 bridgehead atoms. The Morgan fingerprint density at radius 1 is 0.692 bits per heavy atom. The lowest BCUT2D eigenvalue weighted by Gasteiger charge is -2.22. The molecule has 1 aliphatic heterocycles. The molecule has 8 heteroatoms. The van der Waals surface area contributed by atoms with Crippen molar-refractivity contribution >= 4 is 0 Å². The molecule has 0 atom stereocenters. The van der Waals surface area contributed by atoms with E-state index in [9.17, 15) is 0 Å². The van der Waals surface area contributed by atoms with Gasteiger partial charge in [0.15, 0.2) is 0 Å². The Balaban J connectivity index is 2.19. The van der Waals surface area contributed by atoms with E-state index in [4.69, 9.17) is 28.4 Å². The van der Waals surface area contributed by atoms with Gasteiger partial charge in [-0.05, 0) is 6.92 Å². The fourth-order valence-electron chi connectivity index (χ4n) is 2.34. The molecule has 156 valence electrons. The van der Waals surface area contributed by atoms with E-state index in [0.29, 0.717) is 72.7 Å². The van der Waals surface area contributed by atoms with Crippen molar-refractivity contribution in [3.05, 3.63) is 0 Å². The second-order valence-corrected chi connectivity index (χ2v) is 5.85. The molecule has 0 aromatic carbocycles. The van der Waals surface area contributed by atoms with Gasteiger partial charge in [0.1, 0.15) is 0 Å². The van der Waals surface area contributed by atoms with Gasteiger partial charge in [-0.15, -0.1) is 0 Å². The fraction of sp³-hybridized carbons (Fsp3) is 1.00. The van der Waals surface area contributed by atoms with E-state index in [1.807, 2.05) is 6.92 Å². The van der Waals surface area contributed by atoms with Gasteiger partial charge in [-0.2, -0.15) is 0 Å². The van der Waals surface area contributed by atoms with Gasteiger partial charge in [-0.1, -0.05) is 0 Å². The van der Waals surface area contributed by atoms with Crippen molar-refractivity contribution in [2.45, 2.75) is 6.92 Å². The highest BCUT2D eigenvalue weighted by atomic mass is 16.5. The van der Waals surface area contributed by atoms with Gasteiger partial charge in [0.05, 0.1) is 72.7 Å². The predicted molar refractivity (Wildman–Crippen MR) is 99.9 cm³/mol. The monoisotopic (exact) mass is 378 g/mol. The Kier molecular flexibility index (Phi) is 17.7. The molecule has 0 spiro atoms. The first-order chi connectivity index (χ1) is 12.9. The zero-order valence-electron chi connectivity index (χ0n) is 16.4. The molecule has 1 fully saturated rings. The summed E-state index contributed by atoms with van der Waals surface area (Å²) < 4.78 is 33.2. The molecule has 8 nitrogen and oxygen atoms in total. The zero-order chi connectivity index (χ0) is 18.5. The summed E-state index contributed by atoms with van der Waals surface area (Å²) in [4.78, 5) is 2.30. The summed E-state index contributed by atoms with van der Waals surface area (Å²) in [7, 11) is 0. The number of ether oxygens (including phenoxy) is 6. The van der Waals surface area contributed by atoms with Crippen LogP contribution in [0.15, 0.2) is 0 Å². The van der Waals surface area contributed by atoms with Crippen LogP contribution in [0.3, 0.4) is 0 Å². The average molecular weight is 379 g/mol. The number of hydrogen-bond acceptors (Lipinski definition) is 8. The fourth-order valence-corrected chi connectivity index (χ4v) is 2.34. The van der Waals surface area contributed by atoms with Gasteiger partial charge >= 0.3 is 0 Å². The Hall–Kier alpha value is -0.320. The molecule has 1 saturated heterocycles. The molecule has 1 aliphatic rings. The van der Waals surface area contributed by atoms with Crippen LogP contribution in [0.25, 0.3) is 0 Å². The minimum atomic E-state index is 0.623. The molecular formula is C18H38N2O6. The summed E-state index contributed by atoms with van der Waals surface area (Å²) in [6.07, 6.45) is 0. The Morgan fingerprint density at radius 3 is 1.81 bits per heavy atom. The molecule has 0 saturated carbocycles. The third-order valence-corrected chi connectivity index (χ3v) is 3.82. The lowest BCUT2D eigenvalue weighted by Crippen LogP contribution is -2.34. The third kappa shape index (κ3) is 15.9. The SMILES string of the molecule is CCOCCOCCN1CCOCCOCCNCCOCCOCC1. The lowest BCUT2D eigenvalue weighted by atomic mass is 10.4. The number of nitrogens with one attached hydrogen (secondary N) is 1. The van der Waals surface area contributed by atoms with Crippen molar-refractivity contribution < 1.29 is 28.4 Å². The van der Waals surface area contributed by atoms with Crippen LogP contribution in [0.2, 0.25) is 0 Å². The molecule has 1 N–H and O–H groups in total. The predicted octanol–water partition coefficient (Wildman–Crippen LogP) is 0.0111. The van der Waals surface area contributed by atoms with E-state index in [-0.39, 0.29) is 0 Å². The van der Waals surface area contributed by atoms with Crippen LogP contribution in [0, 0.1) is 0 Å². The summed E-state index contributed by atoms with van der Waals surface area (Å²) >= 11 is 0. The first-order valence-electron chi connectivity index (χ1n) is 9.83. The summed E-state index contributed by atoms with van der Waals surface area (Å²) in [5.74, 6) is 0. The van der Waals surface area contributed by atoms with Gasteiger partial charge in [0, 0.05) is 39.3 Å². The third-order valence-electron chi connectivity index (χ3n) is 3.82. The van der Waals surface area contributed by atoms with Crippen LogP contribution in [0.5, 0.6) is 0 Å². The van der Waals surface area contributed by atoms with E-state index < -0.39 is 0 Å². The lowest BCUT2D eigenvalue weighted by molar-refractivity contribution is 0.00955. The van der Waals surface area contributed by atoms with E-state index in [1.165, 1.54) is 0 Å². The van der Waals surface area contributed by atoms with E-state index >= 15 is 0 Å². The largest absolute Gasteiger partial charge is 0.379 e. The standard InChI is InChI=1S/C18H38N2O6/c1-2-21-13-14-24-10-5-20-6-11-25-17-15-22-8-3-19-4-9-23-16-18-26-12-7-20/h19H,2-18H2,1H3. The topological polar surface area (TPSA) is 70.7 Å². The second-order valence-electron chi connectivity index (χ2n) is 5.85. The normalized spacial score (nSPS) is 21.1. The highest BCUT2D eigenvalue weighted by Gasteiger charge is 2.06. The average Bonchev–Trinajstić information content (AvgIpc) is 2.65. The van der Waals surface area contributed by atoms with Crippen molar-refractivity contribution in [3.8, 4) is 0 Å². The van der Waals surface area contributed by atoms with Crippen molar-refractivity contribution in [1.82, 2.24) is 10.2 Å². The Bertz CT molecular complexity index is 268.